The van der Waals surface area contributed by atoms with E-state index in [4.69, 9.17) is 0 Å². The van der Waals surface area contributed by atoms with Crippen LogP contribution in [-0.2, 0) is 0 Å². The monoisotopic (exact) mass is 356 g/mol. The van der Waals surface area contributed by atoms with Gasteiger partial charge in [-0.1, -0.05) is 44.4 Å². The molecule has 1 aromatic rings. The molecule has 1 nitrogen and oxygen atoms in total. The Bertz CT molecular complexity index is 443. The third-order valence-corrected chi connectivity index (χ3v) is 3.87. The minimum Gasteiger partial charge on any atom is -0.289 e. The molecule has 17 heavy (non-hydrogen) atoms. The van der Waals surface area contributed by atoms with Crippen LogP contribution in [0.1, 0.15) is 42.5 Å². The molecule has 1 aliphatic rings. The fourth-order valence-corrected chi connectivity index (χ4v) is 3.39. The summed E-state index contributed by atoms with van der Waals surface area (Å²) in [5, 5.41) is 0. The van der Waals surface area contributed by atoms with E-state index in [0.717, 1.165) is 39.3 Å². The molecule has 0 fully saturated rings. The first-order valence-electron chi connectivity index (χ1n) is 5.86. The number of carbonyl (C=O) groups excluding carboxylic acids is 1. The molecule has 0 unspecified atom stereocenters. The van der Waals surface area contributed by atoms with E-state index < -0.39 is 0 Å². The predicted octanol–water partition coefficient (Wildman–Crippen LogP) is 5.28. The Morgan fingerprint density at radius 1 is 1.00 bits per heavy atom. The number of carbonyl (C=O) groups is 1. The first kappa shape index (κ1) is 13.0. The summed E-state index contributed by atoms with van der Waals surface area (Å²) in [5.41, 5.74) is 1.74. The Kier molecular flexibility index (Phi) is 4.57. The van der Waals surface area contributed by atoms with Gasteiger partial charge in [0, 0.05) is 14.5 Å². The van der Waals surface area contributed by atoms with Gasteiger partial charge in [-0.05, 0) is 49.5 Å². The molecule has 0 radical (unpaired) electrons. The molecular formula is C14H14Br2O. The Labute approximate surface area is 119 Å². The summed E-state index contributed by atoms with van der Waals surface area (Å²) in [4.78, 5) is 12.3. The minimum absolute atomic E-state index is 0.175. The van der Waals surface area contributed by atoms with Crippen molar-refractivity contribution in [3.8, 4) is 0 Å². The van der Waals surface area contributed by atoms with Crippen LogP contribution >= 0.6 is 31.9 Å². The van der Waals surface area contributed by atoms with Crippen molar-refractivity contribution in [2.75, 3.05) is 0 Å². The largest absolute Gasteiger partial charge is 0.289 e. The van der Waals surface area contributed by atoms with Crippen molar-refractivity contribution in [3.05, 3.63) is 44.4 Å². The average molecular weight is 358 g/mol. The number of ketones is 1. The molecule has 0 aliphatic heterocycles. The summed E-state index contributed by atoms with van der Waals surface area (Å²) < 4.78 is 1.87. The van der Waals surface area contributed by atoms with Gasteiger partial charge in [-0.25, -0.2) is 0 Å². The van der Waals surface area contributed by atoms with Crippen LogP contribution in [0, 0.1) is 0 Å². The highest BCUT2D eigenvalue weighted by Gasteiger charge is 2.14. The van der Waals surface area contributed by atoms with Gasteiger partial charge in [0.2, 0.25) is 0 Å². The fraction of sp³-hybridized carbons (Fsp3) is 0.357. The van der Waals surface area contributed by atoms with Gasteiger partial charge in [-0.2, -0.15) is 0 Å². The van der Waals surface area contributed by atoms with Crippen molar-refractivity contribution in [3.63, 3.8) is 0 Å². The zero-order valence-corrected chi connectivity index (χ0v) is 12.7. The molecule has 1 aromatic carbocycles. The molecular weight excluding hydrogens is 344 g/mol. The second-order valence-corrected chi connectivity index (χ2v) is 6.15. The second kappa shape index (κ2) is 5.96. The van der Waals surface area contributed by atoms with Crippen LogP contribution in [0.3, 0.4) is 0 Å². The molecule has 0 spiro atoms. The Morgan fingerprint density at radius 2 is 1.71 bits per heavy atom. The van der Waals surface area contributed by atoms with E-state index in [9.17, 15) is 4.79 Å². The van der Waals surface area contributed by atoms with Crippen molar-refractivity contribution in [2.24, 2.45) is 0 Å². The number of rotatable bonds is 2. The molecule has 0 heterocycles. The highest BCUT2D eigenvalue weighted by molar-refractivity contribution is 9.11. The summed E-state index contributed by atoms with van der Waals surface area (Å²) in [5.74, 6) is 0.175. The third-order valence-electron chi connectivity index (χ3n) is 2.96. The maximum absolute atomic E-state index is 12.3. The number of halogens is 2. The maximum Gasteiger partial charge on any atom is 0.188 e. The molecule has 1 aliphatic carbocycles. The van der Waals surface area contributed by atoms with E-state index in [-0.39, 0.29) is 5.78 Å². The number of Topliss-reactive ketones (excluding diaryl/α,β-unsaturated/α-hetero) is 1. The quantitative estimate of drug-likeness (QED) is 0.657. The lowest BCUT2D eigenvalue weighted by molar-refractivity contribution is 0.103. The Morgan fingerprint density at radius 3 is 2.41 bits per heavy atom. The number of hydrogen-bond donors (Lipinski definition) is 0. The van der Waals surface area contributed by atoms with Crippen LogP contribution in [0.15, 0.2) is 38.8 Å². The summed E-state index contributed by atoms with van der Waals surface area (Å²) >= 11 is 6.84. The maximum atomic E-state index is 12.3. The number of hydrogen-bond acceptors (Lipinski definition) is 1. The molecule has 2 rings (SSSR count). The van der Waals surface area contributed by atoms with Crippen molar-refractivity contribution < 1.29 is 4.79 Å². The summed E-state index contributed by atoms with van der Waals surface area (Å²) in [6.45, 7) is 0. The van der Waals surface area contributed by atoms with Crippen molar-refractivity contribution >= 4 is 37.6 Å². The average Bonchev–Trinajstić information content (AvgIpc) is 2.55. The van der Waals surface area contributed by atoms with Gasteiger partial charge >= 0.3 is 0 Å². The summed E-state index contributed by atoms with van der Waals surface area (Å²) in [6, 6.07) is 5.72. The second-order valence-electron chi connectivity index (χ2n) is 4.32. The Hall–Kier alpha value is -0.410. The number of benzene rings is 1. The van der Waals surface area contributed by atoms with Crippen LogP contribution < -0.4 is 0 Å². The van der Waals surface area contributed by atoms with Crippen LogP contribution in [0.4, 0.5) is 0 Å². The van der Waals surface area contributed by atoms with Gasteiger partial charge in [-0.15, -0.1) is 0 Å². The first-order valence-corrected chi connectivity index (χ1v) is 7.45. The molecule has 3 heteroatoms. The van der Waals surface area contributed by atoms with Gasteiger partial charge in [0.1, 0.15) is 0 Å². The van der Waals surface area contributed by atoms with E-state index in [1.165, 1.54) is 12.8 Å². The Balaban J connectivity index is 2.26. The lowest BCUT2D eigenvalue weighted by atomic mass is 10.00. The van der Waals surface area contributed by atoms with Crippen LogP contribution in [0.5, 0.6) is 0 Å². The molecule has 0 saturated carbocycles. The molecule has 0 aromatic heterocycles. The van der Waals surface area contributed by atoms with Gasteiger partial charge < -0.3 is 0 Å². The van der Waals surface area contributed by atoms with E-state index in [0.29, 0.717) is 0 Å². The zero-order chi connectivity index (χ0) is 12.3. The minimum atomic E-state index is 0.175. The molecule has 0 amide bonds. The van der Waals surface area contributed by atoms with Crippen LogP contribution in [-0.4, -0.2) is 5.78 Å². The van der Waals surface area contributed by atoms with Crippen molar-refractivity contribution in [2.45, 2.75) is 32.1 Å². The van der Waals surface area contributed by atoms with E-state index >= 15 is 0 Å². The molecule has 0 atom stereocenters. The van der Waals surface area contributed by atoms with Gasteiger partial charge in [0.15, 0.2) is 5.78 Å². The van der Waals surface area contributed by atoms with E-state index in [1.807, 2.05) is 18.2 Å². The molecule has 0 bridgehead atoms. The van der Waals surface area contributed by atoms with Crippen molar-refractivity contribution in [1.82, 2.24) is 0 Å². The molecule has 90 valence electrons. The summed E-state index contributed by atoms with van der Waals surface area (Å²) in [6.07, 6.45) is 7.64. The fourth-order valence-electron chi connectivity index (χ4n) is 2.09. The first-order chi connectivity index (χ1) is 8.16. The van der Waals surface area contributed by atoms with Gasteiger partial charge in [0.05, 0.1) is 0 Å². The third kappa shape index (κ3) is 3.52. The molecule has 0 saturated heterocycles. The lowest BCUT2D eigenvalue weighted by Crippen LogP contribution is -2.03. The number of allylic oxidation sites excluding steroid dienone is 2. The van der Waals surface area contributed by atoms with E-state index in [1.54, 1.807) is 0 Å². The van der Waals surface area contributed by atoms with Gasteiger partial charge in [0.25, 0.3) is 0 Å². The lowest BCUT2D eigenvalue weighted by Gasteiger charge is -2.06. The van der Waals surface area contributed by atoms with Crippen molar-refractivity contribution in [1.29, 1.82) is 0 Å². The predicted molar refractivity (Wildman–Crippen MR) is 77.3 cm³/mol. The smallest absolute Gasteiger partial charge is 0.188 e. The van der Waals surface area contributed by atoms with Crippen LogP contribution in [0.25, 0.3) is 0 Å². The zero-order valence-electron chi connectivity index (χ0n) is 9.51. The SMILES string of the molecule is O=C(C1=CCCCCC1)c1cc(Br)cc(Br)c1. The summed E-state index contributed by atoms with van der Waals surface area (Å²) in [7, 11) is 0. The topological polar surface area (TPSA) is 17.1 Å². The van der Waals surface area contributed by atoms with E-state index in [2.05, 4.69) is 37.9 Å². The normalized spacial score (nSPS) is 16.2. The highest BCUT2D eigenvalue weighted by Crippen LogP contribution is 2.25. The standard InChI is InChI=1S/C14H14Br2O/c15-12-7-11(8-13(16)9-12)14(17)10-5-3-1-2-4-6-10/h5,7-9H,1-4,6H2. The van der Waals surface area contributed by atoms with Crippen LogP contribution in [0.2, 0.25) is 0 Å². The molecule has 0 N–H and O–H groups in total. The van der Waals surface area contributed by atoms with Gasteiger partial charge in [-0.3, -0.25) is 4.79 Å². The highest BCUT2D eigenvalue weighted by atomic mass is 79.9.